The van der Waals surface area contributed by atoms with Crippen LogP contribution < -0.4 is 10.1 Å². The molecule has 1 atom stereocenters. The Hall–Kier alpha value is -2.07. The molecule has 5 heteroatoms. The normalized spacial score (nSPS) is 11.8. The van der Waals surface area contributed by atoms with Crippen LogP contribution in [0, 0.1) is 5.82 Å². The van der Waals surface area contributed by atoms with Crippen molar-refractivity contribution in [2.45, 2.75) is 26.0 Å². The zero-order valence-electron chi connectivity index (χ0n) is 12.2. The molecule has 22 heavy (non-hydrogen) atoms. The summed E-state index contributed by atoms with van der Waals surface area (Å²) in [4.78, 5) is 12.1. The maximum Gasteiger partial charge on any atom is 0.261 e. The largest absolute Gasteiger partial charge is 0.481 e. The molecule has 2 aromatic carbocycles. The summed E-state index contributed by atoms with van der Waals surface area (Å²) in [5.74, 6) is 0.0232. The van der Waals surface area contributed by atoms with Gasteiger partial charge in [-0.2, -0.15) is 0 Å². The Balaban J connectivity index is 1.92. The number of halogens is 2. The molecule has 0 saturated carbocycles. The highest BCUT2D eigenvalue weighted by Crippen LogP contribution is 2.17. The molecule has 0 heterocycles. The summed E-state index contributed by atoms with van der Waals surface area (Å²) in [5, 5.41) is 3.36. The SMILES string of the molecule is CCC(Oc1ccc(Cl)cc1)C(=O)NCc1cccc(F)c1. The second-order valence-corrected chi connectivity index (χ2v) is 5.25. The van der Waals surface area contributed by atoms with E-state index in [-0.39, 0.29) is 18.3 Å². The average molecular weight is 322 g/mol. The number of carbonyl (C=O) groups is 1. The van der Waals surface area contributed by atoms with E-state index in [1.807, 2.05) is 6.92 Å². The average Bonchev–Trinajstić information content (AvgIpc) is 2.52. The van der Waals surface area contributed by atoms with E-state index >= 15 is 0 Å². The molecule has 2 aromatic rings. The number of hydrogen-bond donors (Lipinski definition) is 1. The monoisotopic (exact) mass is 321 g/mol. The predicted octanol–water partition coefficient (Wildman–Crippen LogP) is 3.95. The van der Waals surface area contributed by atoms with Crippen LogP contribution in [0.2, 0.25) is 5.02 Å². The zero-order chi connectivity index (χ0) is 15.9. The lowest BCUT2D eigenvalue weighted by Gasteiger charge is -2.17. The van der Waals surface area contributed by atoms with Crippen LogP contribution in [0.3, 0.4) is 0 Å². The van der Waals surface area contributed by atoms with Gasteiger partial charge in [-0.25, -0.2) is 4.39 Å². The topological polar surface area (TPSA) is 38.3 Å². The fourth-order valence-corrected chi connectivity index (χ4v) is 2.08. The molecule has 0 aliphatic carbocycles. The van der Waals surface area contributed by atoms with Crippen LogP contribution in [-0.2, 0) is 11.3 Å². The molecule has 0 fully saturated rings. The molecule has 0 radical (unpaired) electrons. The molecular formula is C17H17ClFNO2. The first-order valence-corrected chi connectivity index (χ1v) is 7.40. The van der Waals surface area contributed by atoms with Gasteiger partial charge in [0.2, 0.25) is 0 Å². The van der Waals surface area contributed by atoms with Crippen molar-refractivity contribution >= 4 is 17.5 Å². The van der Waals surface area contributed by atoms with Crippen LogP contribution in [0.5, 0.6) is 5.75 Å². The van der Waals surface area contributed by atoms with Crippen molar-refractivity contribution in [2.24, 2.45) is 0 Å². The molecule has 1 N–H and O–H groups in total. The summed E-state index contributed by atoms with van der Waals surface area (Å²) >= 11 is 5.81. The Labute approximate surface area is 134 Å². The molecule has 0 bridgehead atoms. The minimum atomic E-state index is -0.602. The minimum absolute atomic E-state index is 0.235. The highest BCUT2D eigenvalue weighted by molar-refractivity contribution is 6.30. The van der Waals surface area contributed by atoms with E-state index in [0.29, 0.717) is 22.8 Å². The molecule has 0 spiro atoms. The van der Waals surface area contributed by atoms with Crippen LogP contribution in [0.1, 0.15) is 18.9 Å². The first kappa shape index (κ1) is 16.3. The van der Waals surface area contributed by atoms with E-state index in [4.69, 9.17) is 16.3 Å². The molecule has 0 saturated heterocycles. The Bertz CT molecular complexity index is 631. The summed E-state index contributed by atoms with van der Waals surface area (Å²) in [7, 11) is 0. The maximum atomic E-state index is 13.1. The third-order valence-electron chi connectivity index (χ3n) is 3.11. The molecule has 2 rings (SSSR count). The van der Waals surface area contributed by atoms with E-state index in [1.54, 1.807) is 36.4 Å². The summed E-state index contributed by atoms with van der Waals surface area (Å²) in [6, 6.07) is 13.0. The van der Waals surface area contributed by atoms with Gasteiger partial charge in [0.1, 0.15) is 11.6 Å². The summed E-state index contributed by atoms with van der Waals surface area (Å²) in [5.41, 5.74) is 0.703. The quantitative estimate of drug-likeness (QED) is 0.874. The number of ether oxygens (including phenoxy) is 1. The van der Waals surface area contributed by atoms with E-state index in [2.05, 4.69) is 5.32 Å². The van der Waals surface area contributed by atoms with E-state index in [0.717, 1.165) is 0 Å². The van der Waals surface area contributed by atoms with Gasteiger partial charge in [0.25, 0.3) is 5.91 Å². The molecular weight excluding hydrogens is 305 g/mol. The number of hydrogen-bond acceptors (Lipinski definition) is 2. The van der Waals surface area contributed by atoms with Crippen molar-refractivity contribution in [3.63, 3.8) is 0 Å². The lowest BCUT2D eigenvalue weighted by atomic mass is 10.2. The van der Waals surface area contributed by atoms with Crippen LogP contribution in [0.4, 0.5) is 4.39 Å². The Morgan fingerprint density at radius 2 is 2.00 bits per heavy atom. The second-order valence-electron chi connectivity index (χ2n) is 4.82. The van der Waals surface area contributed by atoms with Gasteiger partial charge >= 0.3 is 0 Å². The third kappa shape index (κ3) is 4.74. The first-order chi connectivity index (χ1) is 10.6. The van der Waals surface area contributed by atoms with Crippen molar-refractivity contribution in [3.05, 3.63) is 64.9 Å². The van der Waals surface area contributed by atoms with Gasteiger partial charge in [-0.1, -0.05) is 30.7 Å². The van der Waals surface area contributed by atoms with Crippen molar-refractivity contribution in [1.82, 2.24) is 5.32 Å². The third-order valence-corrected chi connectivity index (χ3v) is 3.36. The maximum absolute atomic E-state index is 13.1. The number of rotatable bonds is 6. The lowest BCUT2D eigenvalue weighted by molar-refractivity contribution is -0.128. The highest BCUT2D eigenvalue weighted by Gasteiger charge is 2.18. The minimum Gasteiger partial charge on any atom is -0.481 e. The van der Waals surface area contributed by atoms with Crippen molar-refractivity contribution in [1.29, 1.82) is 0 Å². The van der Waals surface area contributed by atoms with Crippen LogP contribution in [0.15, 0.2) is 48.5 Å². The van der Waals surface area contributed by atoms with E-state index in [1.165, 1.54) is 12.1 Å². The van der Waals surface area contributed by atoms with Gasteiger partial charge in [-0.3, -0.25) is 4.79 Å². The molecule has 116 valence electrons. The highest BCUT2D eigenvalue weighted by atomic mass is 35.5. The number of benzene rings is 2. The van der Waals surface area contributed by atoms with Gasteiger partial charge in [0, 0.05) is 11.6 Å². The summed E-state index contributed by atoms with van der Waals surface area (Å²) in [6.07, 6.45) is -0.0767. The summed E-state index contributed by atoms with van der Waals surface area (Å²) in [6.45, 7) is 2.12. The Morgan fingerprint density at radius 1 is 1.27 bits per heavy atom. The lowest BCUT2D eigenvalue weighted by Crippen LogP contribution is -2.37. The number of amides is 1. The van der Waals surface area contributed by atoms with Gasteiger partial charge in [0.05, 0.1) is 0 Å². The fourth-order valence-electron chi connectivity index (χ4n) is 1.95. The van der Waals surface area contributed by atoms with Gasteiger partial charge in [0.15, 0.2) is 6.10 Å². The first-order valence-electron chi connectivity index (χ1n) is 7.03. The summed E-state index contributed by atoms with van der Waals surface area (Å²) < 4.78 is 18.7. The molecule has 0 aliphatic rings. The van der Waals surface area contributed by atoms with Crippen molar-refractivity contribution < 1.29 is 13.9 Å². The van der Waals surface area contributed by atoms with Crippen LogP contribution in [-0.4, -0.2) is 12.0 Å². The van der Waals surface area contributed by atoms with Crippen molar-refractivity contribution in [2.75, 3.05) is 0 Å². The molecule has 0 aromatic heterocycles. The zero-order valence-corrected chi connectivity index (χ0v) is 12.9. The number of nitrogens with one attached hydrogen (secondary N) is 1. The van der Waals surface area contributed by atoms with Crippen LogP contribution in [0.25, 0.3) is 0 Å². The van der Waals surface area contributed by atoms with Gasteiger partial charge in [-0.15, -0.1) is 0 Å². The van der Waals surface area contributed by atoms with Crippen molar-refractivity contribution in [3.8, 4) is 5.75 Å². The smallest absolute Gasteiger partial charge is 0.261 e. The Kier molecular flexibility index (Phi) is 5.78. The van der Waals surface area contributed by atoms with Crippen LogP contribution >= 0.6 is 11.6 Å². The van der Waals surface area contributed by atoms with Gasteiger partial charge in [-0.05, 0) is 48.4 Å². The fraction of sp³-hybridized carbons (Fsp3) is 0.235. The van der Waals surface area contributed by atoms with Gasteiger partial charge < -0.3 is 10.1 Å². The van der Waals surface area contributed by atoms with E-state index < -0.39 is 6.10 Å². The molecule has 0 aliphatic heterocycles. The second kappa shape index (κ2) is 7.80. The number of carbonyl (C=O) groups excluding carboxylic acids is 1. The molecule has 1 unspecified atom stereocenters. The Morgan fingerprint density at radius 3 is 2.64 bits per heavy atom. The molecule has 1 amide bonds. The predicted molar refractivity (Wildman–Crippen MR) is 84.4 cm³/mol. The standard InChI is InChI=1S/C17H17ClFNO2/c1-2-16(22-15-8-6-13(18)7-9-15)17(21)20-11-12-4-3-5-14(19)10-12/h3-10,16H,2,11H2,1H3,(H,20,21). The van der Waals surface area contributed by atoms with E-state index in [9.17, 15) is 9.18 Å². The molecule has 3 nitrogen and oxygen atoms in total.